The second-order valence-electron chi connectivity index (χ2n) is 3.65. The van der Waals surface area contributed by atoms with Crippen molar-refractivity contribution in [2.75, 3.05) is 12.4 Å². The monoisotopic (exact) mass is 240 g/mol. The van der Waals surface area contributed by atoms with Crippen molar-refractivity contribution in [3.05, 3.63) is 0 Å². The Labute approximate surface area is 91.2 Å². The number of carbonyl (C=O) groups excluding carboxylic acids is 1. The van der Waals surface area contributed by atoms with Gasteiger partial charge in [-0.2, -0.15) is 20.5 Å². The fourth-order valence-electron chi connectivity index (χ4n) is 1.50. The summed E-state index contributed by atoms with van der Waals surface area (Å²) in [6.45, 7) is 3.07. The summed E-state index contributed by atoms with van der Waals surface area (Å²) >= 11 is 1.23. The zero-order valence-corrected chi connectivity index (χ0v) is 9.44. The summed E-state index contributed by atoms with van der Waals surface area (Å²) in [5, 5.41) is 9.64. The highest BCUT2D eigenvalue weighted by atomic mass is 32.2. The molecule has 0 radical (unpaired) electrons. The number of aliphatic hydroxyl groups is 1. The second-order valence-corrected chi connectivity index (χ2v) is 5.08. The Morgan fingerprint density at radius 2 is 2.33 bits per heavy atom. The average Bonchev–Trinajstić information content (AvgIpc) is 2.48. The zero-order chi connectivity index (χ0) is 11.7. The van der Waals surface area contributed by atoms with E-state index >= 15 is 0 Å². The molecular weight excluding hydrogens is 226 g/mol. The van der Waals surface area contributed by atoms with Crippen molar-refractivity contribution in [1.29, 1.82) is 0 Å². The normalized spacial score (nSPS) is 31.7. The van der Waals surface area contributed by atoms with Gasteiger partial charge in [0.1, 0.15) is 5.60 Å². The van der Waals surface area contributed by atoms with Gasteiger partial charge in [0.25, 0.3) is 0 Å². The molecule has 2 atom stereocenters. The Hall–Kier alpha value is -0.360. The smallest absolute Gasteiger partial charge is 0.380 e. The fourth-order valence-corrected chi connectivity index (χ4v) is 2.76. The summed E-state index contributed by atoms with van der Waals surface area (Å²) in [5.74, 6) is -5.59. The number of hydrogen-bond acceptors (Lipinski definition) is 4. The summed E-state index contributed by atoms with van der Waals surface area (Å²) in [6.07, 6.45) is -0.0938. The molecule has 6 heteroatoms. The highest BCUT2D eigenvalue weighted by Crippen LogP contribution is 2.44. The van der Waals surface area contributed by atoms with Crippen molar-refractivity contribution in [3.63, 3.8) is 0 Å². The maximum Gasteiger partial charge on any atom is 0.380 e. The lowest BCUT2D eigenvalue weighted by molar-refractivity contribution is -0.207. The van der Waals surface area contributed by atoms with Gasteiger partial charge in [0.05, 0.1) is 6.61 Å². The lowest BCUT2D eigenvalue weighted by atomic mass is 9.93. The molecule has 0 amide bonds. The second kappa shape index (κ2) is 4.25. The van der Waals surface area contributed by atoms with Gasteiger partial charge in [0, 0.05) is 11.0 Å². The number of ether oxygens (including phenoxy) is 1. The van der Waals surface area contributed by atoms with Crippen LogP contribution in [-0.2, 0) is 9.53 Å². The van der Waals surface area contributed by atoms with Crippen LogP contribution in [0, 0.1) is 0 Å². The van der Waals surface area contributed by atoms with Crippen LogP contribution in [0.5, 0.6) is 0 Å². The predicted molar refractivity (Wildman–Crippen MR) is 53.1 cm³/mol. The third-order valence-corrected chi connectivity index (χ3v) is 3.73. The van der Waals surface area contributed by atoms with Gasteiger partial charge in [-0.25, -0.2) is 4.79 Å². The number of thioether (sulfide) groups is 1. The largest absolute Gasteiger partial charge is 0.461 e. The minimum absolute atomic E-state index is 0.0738. The molecule has 1 heterocycles. The summed E-state index contributed by atoms with van der Waals surface area (Å²) in [5.41, 5.74) is -2.26. The molecule has 15 heavy (non-hydrogen) atoms. The van der Waals surface area contributed by atoms with Crippen molar-refractivity contribution in [2.24, 2.45) is 0 Å². The summed E-state index contributed by atoms with van der Waals surface area (Å²) in [4.78, 5) is 11.0. The topological polar surface area (TPSA) is 46.5 Å². The molecule has 1 aliphatic rings. The van der Waals surface area contributed by atoms with Gasteiger partial charge in [-0.3, -0.25) is 0 Å². The van der Waals surface area contributed by atoms with Crippen LogP contribution >= 0.6 is 11.8 Å². The Kier molecular flexibility index (Phi) is 3.60. The summed E-state index contributed by atoms with van der Waals surface area (Å²) in [6, 6.07) is 0. The maximum atomic E-state index is 13.5. The Morgan fingerprint density at radius 1 is 1.73 bits per heavy atom. The number of hydrogen-bond donors (Lipinski definition) is 1. The molecule has 1 rings (SSSR count). The van der Waals surface area contributed by atoms with E-state index in [0.717, 1.165) is 0 Å². The van der Waals surface area contributed by atoms with Crippen LogP contribution in [-0.4, -0.2) is 40.2 Å². The lowest BCUT2D eigenvalue weighted by Gasteiger charge is -2.29. The number of carbonyl (C=O) groups is 1. The third-order valence-electron chi connectivity index (χ3n) is 2.35. The van der Waals surface area contributed by atoms with Crippen LogP contribution in [0.3, 0.4) is 0 Å². The molecule has 1 saturated heterocycles. The van der Waals surface area contributed by atoms with Gasteiger partial charge in [0.2, 0.25) is 0 Å². The van der Waals surface area contributed by atoms with Crippen LogP contribution in [0.25, 0.3) is 0 Å². The maximum absolute atomic E-state index is 13.5. The first kappa shape index (κ1) is 12.7. The van der Waals surface area contributed by atoms with Crippen molar-refractivity contribution in [3.8, 4) is 0 Å². The molecule has 88 valence electrons. The molecule has 0 aromatic heterocycles. The molecule has 3 nitrogen and oxygen atoms in total. The first-order chi connectivity index (χ1) is 6.83. The van der Waals surface area contributed by atoms with E-state index in [2.05, 4.69) is 4.74 Å². The highest BCUT2D eigenvalue weighted by Gasteiger charge is 2.62. The van der Waals surface area contributed by atoms with Gasteiger partial charge >= 0.3 is 11.9 Å². The van der Waals surface area contributed by atoms with Crippen LogP contribution in [0.4, 0.5) is 8.78 Å². The standard InChI is InChI=1S/C9H14F2O3S/c1-3-14-7(12)9(10,11)8(13)4-6(2)15-5-8/h6,13H,3-5H2,1-2H3. The first-order valence-electron chi connectivity index (χ1n) is 4.72. The fraction of sp³-hybridized carbons (Fsp3) is 0.889. The average molecular weight is 240 g/mol. The van der Waals surface area contributed by atoms with Gasteiger partial charge in [-0.15, -0.1) is 0 Å². The molecule has 1 fully saturated rings. The number of esters is 1. The van der Waals surface area contributed by atoms with Gasteiger partial charge in [-0.1, -0.05) is 6.92 Å². The predicted octanol–water partition coefficient (Wildman–Crippen LogP) is 1.44. The number of rotatable bonds is 3. The van der Waals surface area contributed by atoms with Crippen molar-refractivity contribution in [2.45, 2.75) is 37.0 Å². The van der Waals surface area contributed by atoms with Crippen LogP contribution in [0.1, 0.15) is 20.3 Å². The van der Waals surface area contributed by atoms with E-state index in [0.29, 0.717) is 0 Å². The molecule has 0 aromatic carbocycles. The highest BCUT2D eigenvalue weighted by molar-refractivity contribution is 8.00. The van der Waals surface area contributed by atoms with Crippen LogP contribution in [0.2, 0.25) is 0 Å². The van der Waals surface area contributed by atoms with E-state index in [9.17, 15) is 18.7 Å². The number of halogens is 2. The molecule has 0 saturated carbocycles. The third kappa shape index (κ3) is 2.25. The minimum atomic E-state index is -3.82. The van der Waals surface area contributed by atoms with E-state index in [1.807, 2.05) is 0 Å². The van der Waals surface area contributed by atoms with Gasteiger partial charge < -0.3 is 9.84 Å². The van der Waals surface area contributed by atoms with E-state index in [-0.39, 0.29) is 24.0 Å². The van der Waals surface area contributed by atoms with E-state index in [4.69, 9.17) is 0 Å². The zero-order valence-electron chi connectivity index (χ0n) is 8.63. The molecule has 0 aromatic rings. The molecule has 1 aliphatic heterocycles. The molecular formula is C9H14F2O3S. The Balaban J connectivity index is 2.80. The minimum Gasteiger partial charge on any atom is -0.461 e. The molecule has 2 unspecified atom stereocenters. The summed E-state index contributed by atoms with van der Waals surface area (Å²) in [7, 11) is 0. The van der Waals surface area contributed by atoms with Crippen molar-refractivity contribution in [1.82, 2.24) is 0 Å². The lowest BCUT2D eigenvalue weighted by Crippen LogP contribution is -2.54. The van der Waals surface area contributed by atoms with E-state index < -0.39 is 17.5 Å². The first-order valence-corrected chi connectivity index (χ1v) is 5.77. The van der Waals surface area contributed by atoms with E-state index in [1.165, 1.54) is 18.7 Å². The quantitative estimate of drug-likeness (QED) is 0.758. The van der Waals surface area contributed by atoms with Crippen molar-refractivity contribution < 1.29 is 23.4 Å². The Morgan fingerprint density at radius 3 is 2.73 bits per heavy atom. The summed E-state index contributed by atoms with van der Waals surface area (Å²) < 4.78 is 31.3. The number of alkyl halides is 2. The molecule has 0 spiro atoms. The van der Waals surface area contributed by atoms with Crippen LogP contribution in [0.15, 0.2) is 0 Å². The van der Waals surface area contributed by atoms with Crippen LogP contribution < -0.4 is 0 Å². The Bertz CT molecular complexity index is 260. The molecule has 0 bridgehead atoms. The van der Waals surface area contributed by atoms with E-state index in [1.54, 1.807) is 6.92 Å². The SMILES string of the molecule is CCOC(=O)C(F)(F)C1(O)CSC(C)C1. The van der Waals surface area contributed by atoms with Gasteiger partial charge in [0.15, 0.2) is 0 Å². The van der Waals surface area contributed by atoms with Gasteiger partial charge in [-0.05, 0) is 13.3 Å². The molecule has 0 aliphatic carbocycles. The molecule has 1 N–H and O–H groups in total. The van der Waals surface area contributed by atoms with Crippen molar-refractivity contribution >= 4 is 17.7 Å².